The minimum atomic E-state index is -1.13. The van der Waals surface area contributed by atoms with Crippen molar-refractivity contribution in [3.05, 3.63) is 28.8 Å². The highest BCUT2D eigenvalue weighted by Gasteiger charge is 2.19. The Bertz CT molecular complexity index is 455. The summed E-state index contributed by atoms with van der Waals surface area (Å²) in [6, 6.07) is 6.23. The van der Waals surface area contributed by atoms with Crippen LogP contribution in [-0.2, 0) is 9.53 Å². The van der Waals surface area contributed by atoms with Gasteiger partial charge in [-0.3, -0.25) is 0 Å². The Morgan fingerprint density at radius 3 is 2.82 bits per heavy atom. The molecule has 1 unspecified atom stereocenters. The third-order valence-corrected chi connectivity index (χ3v) is 2.25. The van der Waals surface area contributed by atoms with Gasteiger partial charge in [0.15, 0.2) is 0 Å². The number of rotatable bonds is 5. The molecule has 0 amide bonds. The van der Waals surface area contributed by atoms with Crippen LogP contribution >= 0.6 is 11.6 Å². The smallest absolute Gasteiger partial charge is 0.347 e. The topological polar surface area (TPSA) is 79.5 Å². The maximum Gasteiger partial charge on any atom is 0.347 e. The van der Waals surface area contributed by atoms with Gasteiger partial charge in [-0.2, -0.15) is 5.26 Å². The summed E-state index contributed by atoms with van der Waals surface area (Å²) in [5.41, 5.74) is 0.303. The summed E-state index contributed by atoms with van der Waals surface area (Å²) in [5, 5.41) is 17.7. The number of carboxylic acid groups (broad SMARTS) is 1. The van der Waals surface area contributed by atoms with Crippen molar-refractivity contribution in [2.75, 3.05) is 13.7 Å². The number of nitriles is 1. The molecule has 0 aliphatic rings. The van der Waals surface area contributed by atoms with Crippen molar-refractivity contribution in [3.63, 3.8) is 0 Å². The van der Waals surface area contributed by atoms with Crippen LogP contribution in [0.15, 0.2) is 18.2 Å². The van der Waals surface area contributed by atoms with Crippen LogP contribution in [-0.4, -0.2) is 30.9 Å². The molecule has 1 N–H and O–H groups in total. The van der Waals surface area contributed by atoms with Gasteiger partial charge in [-0.1, -0.05) is 11.6 Å². The largest absolute Gasteiger partial charge is 0.478 e. The number of benzene rings is 1. The van der Waals surface area contributed by atoms with Crippen molar-refractivity contribution >= 4 is 17.6 Å². The number of aliphatic carboxylic acids is 1. The SMILES string of the molecule is COCC(Oc1ccc(C#N)c(Cl)c1)C(=O)O. The van der Waals surface area contributed by atoms with Gasteiger partial charge >= 0.3 is 5.97 Å². The van der Waals surface area contributed by atoms with Gasteiger partial charge in [0.05, 0.1) is 17.2 Å². The number of carbonyl (C=O) groups is 1. The summed E-state index contributed by atoms with van der Waals surface area (Å²) in [5.74, 6) is -0.856. The molecule has 0 aliphatic carbocycles. The molecular formula is C11H10ClNO4. The Hall–Kier alpha value is -1.77. The Labute approximate surface area is 103 Å². The molecule has 0 saturated heterocycles. The fraction of sp³-hybridized carbons (Fsp3) is 0.273. The second-order valence-electron chi connectivity index (χ2n) is 3.15. The predicted molar refractivity (Wildman–Crippen MR) is 60.1 cm³/mol. The molecular weight excluding hydrogens is 246 g/mol. The van der Waals surface area contributed by atoms with E-state index in [1.807, 2.05) is 6.07 Å². The van der Waals surface area contributed by atoms with Crippen LogP contribution in [0.1, 0.15) is 5.56 Å². The lowest BCUT2D eigenvalue weighted by Gasteiger charge is -2.14. The van der Waals surface area contributed by atoms with Crippen molar-refractivity contribution in [2.45, 2.75) is 6.10 Å². The summed E-state index contributed by atoms with van der Waals surface area (Å²) in [6.07, 6.45) is -1.11. The molecule has 6 heteroatoms. The van der Waals surface area contributed by atoms with Gasteiger partial charge in [0, 0.05) is 13.2 Å². The van der Waals surface area contributed by atoms with Crippen LogP contribution in [0.3, 0.4) is 0 Å². The lowest BCUT2D eigenvalue weighted by Crippen LogP contribution is -2.31. The van der Waals surface area contributed by atoms with Gasteiger partial charge in [-0.15, -0.1) is 0 Å². The molecule has 0 aliphatic heterocycles. The maximum atomic E-state index is 10.8. The Balaban J connectivity index is 2.84. The normalized spacial score (nSPS) is 11.6. The highest BCUT2D eigenvalue weighted by Crippen LogP contribution is 2.22. The zero-order valence-corrected chi connectivity index (χ0v) is 9.77. The highest BCUT2D eigenvalue weighted by atomic mass is 35.5. The summed E-state index contributed by atoms with van der Waals surface area (Å²) < 4.78 is 9.90. The average molecular weight is 256 g/mol. The van der Waals surface area contributed by atoms with Crippen LogP contribution in [0, 0.1) is 11.3 Å². The molecule has 1 aromatic rings. The maximum absolute atomic E-state index is 10.8. The number of methoxy groups -OCH3 is 1. The quantitative estimate of drug-likeness (QED) is 0.866. The van der Waals surface area contributed by atoms with Crippen molar-refractivity contribution in [2.24, 2.45) is 0 Å². The van der Waals surface area contributed by atoms with E-state index < -0.39 is 12.1 Å². The molecule has 0 fully saturated rings. The van der Waals surface area contributed by atoms with E-state index in [9.17, 15) is 4.79 Å². The number of hydrogen-bond donors (Lipinski definition) is 1. The van der Waals surface area contributed by atoms with Crippen molar-refractivity contribution in [3.8, 4) is 11.8 Å². The van der Waals surface area contributed by atoms with Crippen molar-refractivity contribution in [1.82, 2.24) is 0 Å². The van der Waals surface area contributed by atoms with Crippen LogP contribution in [0.5, 0.6) is 5.75 Å². The molecule has 0 aromatic heterocycles. The van der Waals surface area contributed by atoms with Crippen LogP contribution in [0.25, 0.3) is 0 Å². The first-order chi connectivity index (χ1) is 8.08. The molecule has 90 valence electrons. The second-order valence-corrected chi connectivity index (χ2v) is 3.56. The number of hydrogen-bond acceptors (Lipinski definition) is 4. The lowest BCUT2D eigenvalue weighted by atomic mass is 10.2. The van der Waals surface area contributed by atoms with E-state index in [0.717, 1.165) is 0 Å². The van der Waals surface area contributed by atoms with Gasteiger partial charge in [0.1, 0.15) is 11.8 Å². The highest BCUT2D eigenvalue weighted by molar-refractivity contribution is 6.31. The van der Waals surface area contributed by atoms with E-state index >= 15 is 0 Å². The van der Waals surface area contributed by atoms with Crippen molar-refractivity contribution < 1.29 is 19.4 Å². The average Bonchev–Trinajstić information content (AvgIpc) is 2.28. The molecule has 0 bridgehead atoms. The zero-order valence-electron chi connectivity index (χ0n) is 9.01. The minimum Gasteiger partial charge on any atom is -0.478 e. The van der Waals surface area contributed by atoms with Gasteiger partial charge in [0.2, 0.25) is 6.10 Å². The lowest BCUT2D eigenvalue weighted by molar-refractivity contribution is -0.147. The van der Waals surface area contributed by atoms with Crippen LogP contribution < -0.4 is 4.74 Å². The summed E-state index contributed by atoms with van der Waals surface area (Å²) >= 11 is 5.79. The van der Waals surface area contributed by atoms with Gasteiger partial charge < -0.3 is 14.6 Å². The van der Waals surface area contributed by atoms with E-state index in [4.69, 9.17) is 31.4 Å². The fourth-order valence-electron chi connectivity index (χ4n) is 1.13. The summed E-state index contributed by atoms with van der Waals surface area (Å²) in [4.78, 5) is 10.8. The number of carboxylic acids is 1. The van der Waals surface area contributed by atoms with E-state index in [1.54, 1.807) is 0 Å². The zero-order chi connectivity index (χ0) is 12.8. The van der Waals surface area contributed by atoms with E-state index in [0.29, 0.717) is 5.56 Å². The van der Waals surface area contributed by atoms with E-state index in [2.05, 4.69) is 0 Å². The third-order valence-electron chi connectivity index (χ3n) is 1.93. The molecule has 17 heavy (non-hydrogen) atoms. The summed E-state index contributed by atoms with van der Waals surface area (Å²) in [6.45, 7) is -0.0764. The third kappa shape index (κ3) is 3.63. The second kappa shape index (κ2) is 6.09. The molecule has 5 nitrogen and oxygen atoms in total. The number of halogens is 1. The summed E-state index contributed by atoms with van der Waals surface area (Å²) in [7, 11) is 1.38. The molecule has 1 aromatic carbocycles. The van der Waals surface area contributed by atoms with Gasteiger partial charge in [-0.05, 0) is 12.1 Å². The molecule has 0 radical (unpaired) electrons. The van der Waals surface area contributed by atoms with Crippen molar-refractivity contribution in [1.29, 1.82) is 5.26 Å². The fourth-order valence-corrected chi connectivity index (χ4v) is 1.34. The first-order valence-corrected chi connectivity index (χ1v) is 5.04. The Morgan fingerprint density at radius 1 is 1.65 bits per heavy atom. The predicted octanol–water partition coefficient (Wildman–Crippen LogP) is 1.69. The molecule has 0 spiro atoms. The minimum absolute atomic E-state index is 0.0764. The van der Waals surface area contributed by atoms with Gasteiger partial charge in [-0.25, -0.2) is 4.79 Å². The Morgan fingerprint density at radius 2 is 2.35 bits per heavy atom. The van der Waals surface area contributed by atoms with Gasteiger partial charge in [0.25, 0.3) is 0 Å². The van der Waals surface area contributed by atoms with Crippen LogP contribution in [0.4, 0.5) is 0 Å². The number of nitrogens with zero attached hydrogens (tertiary/aromatic N) is 1. The first kappa shape index (κ1) is 13.3. The van der Waals surface area contributed by atoms with E-state index in [1.165, 1.54) is 25.3 Å². The first-order valence-electron chi connectivity index (χ1n) is 4.66. The molecule has 1 rings (SSSR count). The van der Waals surface area contributed by atoms with E-state index in [-0.39, 0.29) is 17.4 Å². The standard InChI is InChI=1S/C11H10ClNO4/c1-16-6-10(11(14)15)17-8-3-2-7(5-13)9(12)4-8/h2-4,10H,6H2,1H3,(H,14,15). The van der Waals surface area contributed by atoms with Crippen LogP contribution in [0.2, 0.25) is 5.02 Å². The molecule has 0 saturated carbocycles. The molecule has 1 atom stereocenters. The Kier molecular flexibility index (Phi) is 4.76. The monoisotopic (exact) mass is 255 g/mol. The number of ether oxygens (including phenoxy) is 2. The molecule has 0 heterocycles.